The van der Waals surface area contributed by atoms with Crippen LogP contribution in [0, 0.1) is 0 Å². The summed E-state index contributed by atoms with van der Waals surface area (Å²) < 4.78 is 0. The number of nitrogen functional groups attached to an aromatic ring is 1. The first kappa shape index (κ1) is 26.3. The van der Waals surface area contributed by atoms with Crippen molar-refractivity contribution in [3.63, 3.8) is 0 Å². The van der Waals surface area contributed by atoms with Crippen LogP contribution in [-0.4, -0.2) is 15.0 Å². The highest BCUT2D eigenvalue weighted by molar-refractivity contribution is 5.88. The van der Waals surface area contributed by atoms with Gasteiger partial charge in [0.1, 0.15) is 0 Å². The highest BCUT2D eigenvalue weighted by Gasteiger charge is 2.14. The van der Waals surface area contributed by atoms with Gasteiger partial charge in [0, 0.05) is 27.9 Å². The van der Waals surface area contributed by atoms with E-state index in [1.54, 1.807) is 0 Å². The van der Waals surface area contributed by atoms with Gasteiger partial charge in [0.05, 0.1) is 0 Å². The molecule has 0 bridgehead atoms. The van der Waals surface area contributed by atoms with Gasteiger partial charge in [0.2, 0.25) is 0 Å². The molecule has 0 radical (unpaired) electrons. The Labute approximate surface area is 251 Å². The van der Waals surface area contributed by atoms with E-state index in [9.17, 15) is 0 Å². The summed E-state index contributed by atoms with van der Waals surface area (Å²) in [6, 6.07) is 43.8. The molecule has 4 nitrogen and oxygen atoms in total. The molecule has 0 aliphatic rings. The standard InChI is InChI=1S/C39H30N4/c1-2-3-9-29-14-8-15-35(36(29)40)28-18-20-30(21-19-28)37-41-38(33-22-16-26-10-4-6-12-31(26)24-33)43-39(42-37)34-23-17-27-11-5-7-13-32(27)25-34/h3-25H,2,40H2,1H3/b9-3-. The first-order chi connectivity index (χ1) is 21.2. The summed E-state index contributed by atoms with van der Waals surface area (Å²) >= 11 is 0. The van der Waals surface area contributed by atoms with Crippen LogP contribution in [0.15, 0.2) is 133 Å². The van der Waals surface area contributed by atoms with Crippen LogP contribution in [0.2, 0.25) is 0 Å². The molecule has 206 valence electrons. The number of hydrogen-bond acceptors (Lipinski definition) is 4. The topological polar surface area (TPSA) is 64.7 Å². The summed E-state index contributed by atoms with van der Waals surface area (Å²) in [7, 11) is 0. The molecule has 7 aromatic rings. The first-order valence-corrected chi connectivity index (χ1v) is 14.6. The Bertz CT molecular complexity index is 2030. The van der Waals surface area contributed by atoms with Crippen LogP contribution in [0.3, 0.4) is 0 Å². The van der Waals surface area contributed by atoms with Crippen LogP contribution in [0.25, 0.3) is 72.9 Å². The van der Waals surface area contributed by atoms with Crippen molar-refractivity contribution < 1.29 is 0 Å². The zero-order valence-corrected chi connectivity index (χ0v) is 23.9. The molecule has 0 saturated carbocycles. The molecular weight excluding hydrogens is 524 g/mol. The molecule has 0 amide bonds. The molecule has 2 N–H and O–H groups in total. The molecule has 1 aromatic heterocycles. The lowest BCUT2D eigenvalue weighted by atomic mass is 9.98. The monoisotopic (exact) mass is 554 g/mol. The number of nitrogens with zero attached hydrogens (tertiary/aromatic N) is 3. The number of rotatable bonds is 6. The van der Waals surface area contributed by atoms with Crippen molar-refractivity contribution in [1.29, 1.82) is 0 Å². The van der Waals surface area contributed by atoms with E-state index >= 15 is 0 Å². The number of fused-ring (bicyclic) bond motifs is 2. The Hall–Kier alpha value is -5.61. The fraction of sp³-hybridized carbons (Fsp3) is 0.0513. The molecule has 43 heavy (non-hydrogen) atoms. The van der Waals surface area contributed by atoms with E-state index in [1.165, 1.54) is 10.8 Å². The van der Waals surface area contributed by atoms with E-state index in [4.69, 9.17) is 20.7 Å². The zero-order chi connectivity index (χ0) is 29.2. The van der Waals surface area contributed by atoms with Crippen LogP contribution < -0.4 is 5.73 Å². The summed E-state index contributed by atoms with van der Waals surface area (Å²) in [5.74, 6) is 1.91. The number of benzene rings is 6. The maximum atomic E-state index is 6.57. The average molecular weight is 555 g/mol. The number of allylic oxidation sites excluding steroid dienone is 1. The molecule has 0 fully saturated rings. The van der Waals surface area contributed by atoms with E-state index in [1.807, 2.05) is 12.1 Å². The van der Waals surface area contributed by atoms with Gasteiger partial charge < -0.3 is 5.73 Å². The van der Waals surface area contributed by atoms with Gasteiger partial charge in [-0.15, -0.1) is 0 Å². The second-order valence-electron chi connectivity index (χ2n) is 10.6. The van der Waals surface area contributed by atoms with E-state index < -0.39 is 0 Å². The maximum Gasteiger partial charge on any atom is 0.164 e. The molecule has 0 aliphatic carbocycles. The fourth-order valence-electron chi connectivity index (χ4n) is 5.44. The molecule has 0 aliphatic heterocycles. The summed E-state index contributed by atoms with van der Waals surface area (Å²) in [5.41, 5.74) is 13.2. The summed E-state index contributed by atoms with van der Waals surface area (Å²) in [6.45, 7) is 2.12. The molecule has 7 rings (SSSR count). The number of para-hydroxylation sites is 1. The third kappa shape index (κ3) is 5.27. The van der Waals surface area contributed by atoms with Crippen LogP contribution in [-0.2, 0) is 0 Å². The second kappa shape index (κ2) is 11.3. The molecule has 0 saturated heterocycles. The molecule has 0 spiro atoms. The van der Waals surface area contributed by atoms with E-state index in [2.05, 4.69) is 134 Å². The lowest BCUT2D eigenvalue weighted by Crippen LogP contribution is -2.00. The first-order valence-electron chi connectivity index (χ1n) is 14.6. The molecule has 0 unspecified atom stereocenters. The van der Waals surface area contributed by atoms with Crippen molar-refractivity contribution in [2.24, 2.45) is 0 Å². The molecule has 4 heteroatoms. The minimum Gasteiger partial charge on any atom is -0.398 e. The quantitative estimate of drug-likeness (QED) is 0.208. The average Bonchev–Trinajstić information content (AvgIpc) is 3.07. The summed E-state index contributed by atoms with van der Waals surface area (Å²) in [4.78, 5) is 14.9. The van der Waals surface area contributed by atoms with Crippen LogP contribution in [0.1, 0.15) is 18.9 Å². The van der Waals surface area contributed by atoms with E-state index in [-0.39, 0.29) is 0 Å². The van der Waals surface area contributed by atoms with Crippen molar-refractivity contribution in [3.05, 3.63) is 139 Å². The fourth-order valence-corrected chi connectivity index (χ4v) is 5.44. The molecule has 0 atom stereocenters. The number of anilines is 1. The lowest BCUT2D eigenvalue weighted by Gasteiger charge is -2.11. The van der Waals surface area contributed by atoms with Gasteiger partial charge in [-0.2, -0.15) is 0 Å². The van der Waals surface area contributed by atoms with Crippen LogP contribution >= 0.6 is 0 Å². The van der Waals surface area contributed by atoms with Gasteiger partial charge in [-0.05, 0) is 51.2 Å². The largest absolute Gasteiger partial charge is 0.398 e. The van der Waals surface area contributed by atoms with Gasteiger partial charge in [-0.25, -0.2) is 15.0 Å². The highest BCUT2D eigenvalue weighted by atomic mass is 15.0. The molecular formula is C39H30N4. The number of hydrogen-bond donors (Lipinski definition) is 1. The molecule has 1 heterocycles. The Morgan fingerprint density at radius 1 is 0.512 bits per heavy atom. The maximum absolute atomic E-state index is 6.57. The SMILES string of the molecule is CC/C=C\c1cccc(-c2ccc(-c3nc(-c4ccc5ccccc5c4)nc(-c4ccc5ccccc5c4)n3)cc2)c1N. The predicted molar refractivity (Wildman–Crippen MR) is 180 cm³/mol. The van der Waals surface area contributed by atoms with Gasteiger partial charge in [0.15, 0.2) is 17.5 Å². The summed E-state index contributed by atoms with van der Waals surface area (Å²) in [5, 5.41) is 4.65. The predicted octanol–water partition coefficient (Wildman–Crippen LogP) is 9.85. The van der Waals surface area contributed by atoms with Gasteiger partial charge in [-0.1, -0.05) is 134 Å². The smallest absolute Gasteiger partial charge is 0.164 e. The summed E-state index contributed by atoms with van der Waals surface area (Å²) in [6.07, 6.45) is 5.17. The zero-order valence-electron chi connectivity index (χ0n) is 23.9. The Morgan fingerprint density at radius 2 is 1.00 bits per heavy atom. The van der Waals surface area contributed by atoms with Gasteiger partial charge in [0.25, 0.3) is 0 Å². The van der Waals surface area contributed by atoms with Crippen LogP contribution in [0.5, 0.6) is 0 Å². The van der Waals surface area contributed by atoms with E-state index in [0.29, 0.717) is 17.5 Å². The lowest BCUT2D eigenvalue weighted by molar-refractivity contribution is 1.08. The normalized spacial score (nSPS) is 11.5. The van der Waals surface area contributed by atoms with Crippen molar-refractivity contribution in [2.75, 3.05) is 5.73 Å². The minimum atomic E-state index is 0.625. The Morgan fingerprint density at radius 3 is 1.56 bits per heavy atom. The molecule has 6 aromatic carbocycles. The third-order valence-corrected chi connectivity index (χ3v) is 7.78. The Balaban J connectivity index is 1.34. The minimum absolute atomic E-state index is 0.625. The van der Waals surface area contributed by atoms with Crippen molar-refractivity contribution in [1.82, 2.24) is 15.0 Å². The number of nitrogens with two attached hydrogens (primary N) is 1. The van der Waals surface area contributed by atoms with Gasteiger partial charge >= 0.3 is 0 Å². The Kier molecular flexibility index (Phi) is 6.94. The van der Waals surface area contributed by atoms with E-state index in [0.717, 1.165) is 56.3 Å². The van der Waals surface area contributed by atoms with Gasteiger partial charge in [-0.3, -0.25) is 0 Å². The second-order valence-corrected chi connectivity index (χ2v) is 10.6. The van der Waals surface area contributed by atoms with Crippen molar-refractivity contribution >= 4 is 33.3 Å². The number of aromatic nitrogens is 3. The third-order valence-electron chi connectivity index (χ3n) is 7.78. The van der Waals surface area contributed by atoms with Crippen molar-refractivity contribution in [3.8, 4) is 45.3 Å². The van der Waals surface area contributed by atoms with Crippen molar-refractivity contribution in [2.45, 2.75) is 13.3 Å². The van der Waals surface area contributed by atoms with Crippen LogP contribution in [0.4, 0.5) is 5.69 Å². The highest BCUT2D eigenvalue weighted by Crippen LogP contribution is 2.32.